The molecule has 0 aliphatic carbocycles. The number of aliphatic hydroxyl groups is 1. The second kappa shape index (κ2) is 7.04. The van der Waals surface area contributed by atoms with E-state index in [1.165, 1.54) is 5.56 Å². The summed E-state index contributed by atoms with van der Waals surface area (Å²) in [7, 11) is 0. The maximum atomic E-state index is 13.0. The third kappa shape index (κ3) is 3.19. The van der Waals surface area contributed by atoms with Crippen LogP contribution in [0.15, 0.2) is 48.5 Å². The lowest BCUT2D eigenvalue weighted by Crippen LogP contribution is -2.32. The molecule has 1 aliphatic heterocycles. The molecule has 1 unspecified atom stereocenters. The first-order valence-corrected chi connectivity index (χ1v) is 9.72. The molecular formula is C23H25N3O3. The maximum absolute atomic E-state index is 13.0. The van der Waals surface area contributed by atoms with Gasteiger partial charge in [0.1, 0.15) is 17.1 Å². The van der Waals surface area contributed by atoms with E-state index in [0.717, 1.165) is 11.1 Å². The lowest BCUT2D eigenvalue weighted by molar-refractivity contribution is 0.0706. The van der Waals surface area contributed by atoms with Crippen molar-refractivity contribution in [1.29, 1.82) is 0 Å². The van der Waals surface area contributed by atoms with Gasteiger partial charge in [-0.3, -0.25) is 9.89 Å². The molecule has 3 N–H and O–H groups in total. The molecule has 6 heteroatoms. The van der Waals surface area contributed by atoms with E-state index in [1.54, 1.807) is 23.1 Å². The Hall–Kier alpha value is -3.12. The zero-order chi connectivity index (χ0) is 20.8. The SMILES string of the molecule is CC(C)(C)c1ccc(C2c3c(-c4ccccc4O)n[nH]c3C(=O)N2CCO)cc1. The van der Waals surface area contributed by atoms with Gasteiger partial charge in [0.15, 0.2) is 0 Å². The number of carbonyl (C=O) groups excluding carboxylic acids is 1. The van der Waals surface area contributed by atoms with Crippen molar-refractivity contribution in [3.63, 3.8) is 0 Å². The number of hydrogen-bond acceptors (Lipinski definition) is 4. The molecule has 2 heterocycles. The van der Waals surface area contributed by atoms with E-state index in [4.69, 9.17) is 0 Å². The molecule has 2 aromatic carbocycles. The van der Waals surface area contributed by atoms with Crippen LogP contribution in [0.3, 0.4) is 0 Å². The van der Waals surface area contributed by atoms with Crippen molar-refractivity contribution in [1.82, 2.24) is 15.1 Å². The van der Waals surface area contributed by atoms with Crippen molar-refractivity contribution in [2.24, 2.45) is 0 Å². The molecule has 0 saturated carbocycles. The summed E-state index contributed by atoms with van der Waals surface area (Å²) in [5.74, 6) is -0.0928. The normalized spacial score (nSPS) is 16.3. The Morgan fingerprint density at radius 1 is 1.10 bits per heavy atom. The van der Waals surface area contributed by atoms with Crippen molar-refractivity contribution >= 4 is 5.91 Å². The monoisotopic (exact) mass is 391 g/mol. The first kappa shape index (κ1) is 19.2. The molecule has 150 valence electrons. The summed E-state index contributed by atoms with van der Waals surface area (Å²) >= 11 is 0. The molecule has 1 atom stereocenters. The Kier molecular flexibility index (Phi) is 4.67. The first-order valence-electron chi connectivity index (χ1n) is 9.72. The third-order valence-electron chi connectivity index (χ3n) is 5.46. The highest BCUT2D eigenvalue weighted by Crippen LogP contribution is 2.44. The fourth-order valence-corrected chi connectivity index (χ4v) is 3.93. The van der Waals surface area contributed by atoms with Crippen LogP contribution in [0.4, 0.5) is 0 Å². The lowest BCUT2D eigenvalue weighted by Gasteiger charge is -2.26. The number of phenols is 1. The summed E-state index contributed by atoms with van der Waals surface area (Å²) in [6, 6.07) is 14.8. The fourth-order valence-electron chi connectivity index (χ4n) is 3.93. The fraction of sp³-hybridized carbons (Fsp3) is 0.304. The summed E-state index contributed by atoms with van der Waals surface area (Å²) in [6.45, 7) is 6.55. The van der Waals surface area contributed by atoms with Crippen molar-refractivity contribution in [2.45, 2.75) is 32.2 Å². The summed E-state index contributed by atoms with van der Waals surface area (Å²) in [5, 5.41) is 27.1. The minimum absolute atomic E-state index is 0.0244. The molecule has 6 nitrogen and oxygen atoms in total. The van der Waals surface area contributed by atoms with Crippen molar-refractivity contribution < 1.29 is 15.0 Å². The topological polar surface area (TPSA) is 89.5 Å². The molecule has 1 aromatic heterocycles. The maximum Gasteiger partial charge on any atom is 0.273 e. The van der Waals surface area contributed by atoms with Crippen LogP contribution in [0.2, 0.25) is 0 Å². The lowest BCUT2D eigenvalue weighted by atomic mass is 9.85. The highest BCUT2D eigenvalue weighted by Gasteiger charge is 2.42. The summed E-state index contributed by atoms with van der Waals surface area (Å²) < 4.78 is 0. The van der Waals surface area contributed by atoms with Crippen LogP contribution >= 0.6 is 0 Å². The molecule has 29 heavy (non-hydrogen) atoms. The number of hydrogen-bond donors (Lipinski definition) is 3. The van der Waals surface area contributed by atoms with Crippen LogP contribution in [0, 0.1) is 0 Å². The number of β-amino-alcohol motifs (C(OH)–C–C–N with tert-alkyl or cyclic N) is 1. The number of aliphatic hydroxyl groups excluding tert-OH is 1. The van der Waals surface area contributed by atoms with Crippen LogP contribution in [-0.2, 0) is 5.41 Å². The van der Waals surface area contributed by atoms with Crippen molar-refractivity contribution in [3.8, 4) is 17.0 Å². The van der Waals surface area contributed by atoms with Gasteiger partial charge in [-0.05, 0) is 28.7 Å². The third-order valence-corrected chi connectivity index (χ3v) is 5.46. The number of fused-ring (bicyclic) bond motifs is 1. The highest BCUT2D eigenvalue weighted by molar-refractivity contribution is 6.00. The van der Waals surface area contributed by atoms with E-state index in [0.29, 0.717) is 17.0 Å². The number of aromatic hydroxyl groups is 1. The number of carbonyl (C=O) groups is 1. The average molecular weight is 391 g/mol. The van der Waals surface area contributed by atoms with Crippen LogP contribution in [0.5, 0.6) is 5.75 Å². The van der Waals surface area contributed by atoms with E-state index in [-0.39, 0.29) is 36.3 Å². The predicted octanol–water partition coefficient (Wildman–Crippen LogP) is 3.62. The average Bonchev–Trinajstić information content (AvgIpc) is 3.22. The van der Waals surface area contributed by atoms with Gasteiger partial charge in [-0.2, -0.15) is 5.10 Å². The molecule has 3 aromatic rings. The van der Waals surface area contributed by atoms with Gasteiger partial charge in [0.2, 0.25) is 0 Å². The quantitative estimate of drug-likeness (QED) is 0.634. The van der Waals surface area contributed by atoms with Gasteiger partial charge >= 0.3 is 0 Å². The summed E-state index contributed by atoms with van der Waals surface area (Å²) in [4.78, 5) is 14.7. The summed E-state index contributed by atoms with van der Waals surface area (Å²) in [5.41, 5.74) is 4.42. The number of nitrogens with zero attached hydrogens (tertiary/aromatic N) is 2. The molecule has 0 bridgehead atoms. The standard InChI is InChI=1S/C23H25N3O3/c1-23(2,3)15-10-8-14(9-11-15)21-18-19(16-6-4-5-7-17(16)28)24-25-20(18)22(29)26(21)12-13-27/h4-11,21,27-28H,12-13H2,1-3H3,(H,24,25). The number of amides is 1. The molecular weight excluding hydrogens is 366 g/mol. The van der Waals surface area contributed by atoms with E-state index in [1.807, 2.05) is 18.2 Å². The minimum Gasteiger partial charge on any atom is -0.507 e. The molecule has 1 amide bonds. The van der Waals surface area contributed by atoms with E-state index < -0.39 is 0 Å². The second-order valence-electron chi connectivity index (χ2n) is 8.37. The number of para-hydroxylation sites is 1. The van der Waals surface area contributed by atoms with Gasteiger partial charge < -0.3 is 15.1 Å². The zero-order valence-corrected chi connectivity index (χ0v) is 16.8. The Labute approximate surface area is 169 Å². The molecule has 4 rings (SSSR count). The number of phenolic OH excluding ortho intramolecular Hbond substituents is 1. The Bertz CT molecular complexity index is 1050. The van der Waals surface area contributed by atoms with E-state index in [2.05, 4.69) is 43.1 Å². The summed E-state index contributed by atoms with van der Waals surface area (Å²) in [6.07, 6.45) is 0. The second-order valence-corrected chi connectivity index (χ2v) is 8.37. The van der Waals surface area contributed by atoms with Gasteiger partial charge in [0.25, 0.3) is 5.91 Å². The van der Waals surface area contributed by atoms with Gasteiger partial charge in [-0.25, -0.2) is 0 Å². The molecule has 0 spiro atoms. The highest BCUT2D eigenvalue weighted by atomic mass is 16.3. The van der Waals surface area contributed by atoms with Gasteiger partial charge in [-0.15, -0.1) is 0 Å². The van der Waals surface area contributed by atoms with Crippen LogP contribution in [0.25, 0.3) is 11.3 Å². The van der Waals surface area contributed by atoms with Crippen LogP contribution in [-0.4, -0.2) is 44.4 Å². The Morgan fingerprint density at radius 3 is 2.41 bits per heavy atom. The largest absolute Gasteiger partial charge is 0.507 e. The van der Waals surface area contributed by atoms with Gasteiger partial charge in [0, 0.05) is 17.7 Å². The van der Waals surface area contributed by atoms with E-state index >= 15 is 0 Å². The molecule has 0 radical (unpaired) electrons. The van der Waals surface area contributed by atoms with Crippen LogP contribution in [0.1, 0.15) is 54.0 Å². The number of H-pyrrole nitrogens is 1. The number of rotatable bonds is 4. The minimum atomic E-state index is -0.382. The number of benzene rings is 2. The zero-order valence-electron chi connectivity index (χ0n) is 16.8. The van der Waals surface area contributed by atoms with E-state index in [9.17, 15) is 15.0 Å². The van der Waals surface area contributed by atoms with Gasteiger partial charge in [0.05, 0.1) is 12.6 Å². The van der Waals surface area contributed by atoms with Crippen molar-refractivity contribution in [2.75, 3.05) is 13.2 Å². The Morgan fingerprint density at radius 2 is 1.79 bits per heavy atom. The smallest absolute Gasteiger partial charge is 0.273 e. The molecule has 1 aliphatic rings. The van der Waals surface area contributed by atoms with Gasteiger partial charge in [-0.1, -0.05) is 57.2 Å². The number of aromatic amines is 1. The first-order chi connectivity index (χ1) is 13.8. The molecule has 0 saturated heterocycles. The number of aromatic nitrogens is 2. The predicted molar refractivity (Wildman–Crippen MR) is 111 cm³/mol. The molecule has 0 fully saturated rings. The Balaban J connectivity index is 1.86. The number of nitrogens with one attached hydrogen (secondary N) is 1. The van der Waals surface area contributed by atoms with Crippen molar-refractivity contribution in [3.05, 3.63) is 70.9 Å². The van der Waals surface area contributed by atoms with Crippen LogP contribution < -0.4 is 0 Å².